The first-order chi connectivity index (χ1) is 12.5. The molecule has 26 heavy (non-hydrogen) atoms. The van der Waals surface area contributed by atoms with E-state index < -0.39 is 5.97 Å². The lowest BCUT2D eigenvalue weighted by Crippen LogP contribution is -2.22. The summed E-state index contributed by atoms with van der Waals surface area (Å²) in [5, 5.41) is 16.9. The van der Waals surface area contributed by atoms with Crippen molar-refractivity contribution in [1.82, 2.24) is 19.9 Å². The Bertz CT molecular complexity index is 1160. The summed E-state index contributed by atoms with van der Waals surface area (Å²) in [5.74, 6) is -1.11. The Balaban J connectivity index is 1.60. The third-order valence-electron chi connectivity index (χ3n) is 3.86. The molecule has 3 aromatic heterocycles. The van der Waals surface area contributed by atoms with Gasteiger partial charge < -0.3 is 14.8 Å². The highest BCUT2D eigenvalue weighted by Gasteiger charge is 2.18. The second-order valence-electron chi connectivity index (χ2n) is 5.48. The second kappa shape index (κ2) is 6.16. The van der Waals surface area contributed by atoms with Gasteiger partial charge in [-0.3, -0.25) is 4.79 Å². The fourth-order valence-corrected chi connectivity index (χ4v) is 2.85. The Morgan fingerprint density at radius 3 is 2.96 bits per heavy atom. The molecule has 0 atom stereocenters. The number of halogens is 1. The number of nitrogens with zero attached hydrogens (tertiary/aromatic N) is 3. The summed E-state index contributed by atoms with van der Waals surface area (Å²) < 4.78 is 7.08. The second-order valence-corrected chi connectivity index (χ2v) is 5.89. The van der Waals surface area contributed by atoms with Gasteiger partial charge in [0.1, 0.15) is 22.5 Å². The molecular formula is C17H11ClN4O4. The minimum atomic E-state index is -1.12. The molecule has 0 radical (unpaired) electrons. The lowest BCUT2D eigenvalue weighted by molar-refractivity contribution is 0.0697. The number of furan rings is 1. The third kappa shape index (κ3) is 2.66. The first-order valence-electron chi connectivity index (χ1n) is 7.55. The predicted octanol–water partition coefficient (Wildman–Crippen LogP) is 2.76. The van der Waals surface area contributed by atoms with Crippen LogP contribution < -0.4 is 5.32 Å². The molecule has 1 amide bonds. The molecule has 0 aliphatic heterocycles. The van der Waals surface area contributed by atoms with E-state index in [2.05, 4.69) is 15.4 Å². The zero-order valence-electron chi connectivity index (χ0n) is 13.1. The molecule has 3 heterocycles. The molecule has 0 unspecified atom stereocenters. The Morgan fingerprint density at radius 1 is 1.31 bits per heavy atom. The van der Waals surface area contributed by atoms with Crippen LogP contribution in [0.3, 0.4) is 0 Å². The quantitative estimate of drug-likeness (QED) is 0.571. The number of hydrogen-bond donors (Lipinski definition) is 2. The first kappa shape index (κ1) is 16.1. The maximum absolute atomic E-state index is 12.4. The summed E-state index contributed by atoms with van der Waals surface area (Å²) in [7, 11) is 0. The van der Waals surface area contributed by atoms with Crippen LogP contribution >= 0.6 is 11.6 Å². The SMILES string of the molecule is O=C(O)c1ccc(Cl)c2cc(CNC(=O)c3cnn4cccnc34)oc12. The monoisotopic (exact) mass is 370 g/mol. The van der Waals surface area contributed by atoms with Crippen LogP contribution in [0.25, 0.3) is 16.6 Å². The van der Waals surface area contributed by atoms with Crippen LogP contribution in [0.15, 0.2) is 47.3 Å². The number of aromatic nitrogens is 3. The molecule has 0 aliphatic rings. The Labute approximate surface area is 151 Å². The summed E-state index contributed by atoms with van der Waals surface area (Å²) >= 11 is 6.10. The molecule has 2 N–H and O–H groups in total. The molecule has 0 fully saturated rings. The number of carbonyl (C=O) groups excluding carboxylic acids is 1. The minimum Gasteiger partial charge on any atom is -0.478 e. The maximum atomic E-state index is 12.4. The van der Waals surface area contributed by atoms with Crippen molar-refractivity contribution in [2.24, 2.45) is 0 Å². The lowest BCUT2D eigenvalue weighted by Gasteiger charge is -2.01. The number of benzene rings is 1. The van der Waals surface area contributed by atoms with E-state index in [4.69, 9.17) is 16.0 Å². The van der Waals surface area contributed by atoms with Gasteiger partial charge in [0.15, 0.2) is 5.65 Å². The van der Waals surface area contributed by atoms with Crippen LogP contribution in [0.2, 0.25) is 5.02 Å². The van der Waals surface area contributed by atoms with Gasteiger partial charge in [-0.25, -0.2) is 14.3 Å². The van der Waals surface area contributed by atoms with E-state index in [0.29, 0.717) is 27.4 Å². The van der Waals surface area contributed by atoms with Crippen molar-refractivity contribution in [3.8, 4) is 0 Å². The molecule has 0 bridgehead atoms. The highest BCUT2D eigenvalue weighted by atomic mass is 35.5. The molecule has 0 saturated carbocycles. The van der Waals surface area contributed by atoms with Gasteiger partial charge in [0.2, 0.25) is 0 Å². The lowest BCUT2D eigenvalue weighted by atomic mass is 10.1. The van der Waals surface area contributed by atoms with Crippen molar-refractivity contribution < 1.29 is 19.1 Å². The number of rotatable bonds is 4. The largest absolute Gasteiger partial charge is 0.478 e. The summed E-state index contributed by atoms with van der Waals surface area (Å²) in [5.41, 5.74) is 0.942. The normalized spacial score (nSPS) is 11.1. The van der Waals surface area contributed by atoms with E-state index in [1.165, 1.54) is 22.8 Å². The number of carboxylic acids is 1. The van der Waals surface area contributed by atoms with Crippen molar-refractivity contribution in [2.75, 3.05) is 0 Å². The van der Waals surface area contributed by atoms with Gasteiger partial charge in [-0.15, -0.1) is 0 Å². The standard InChI is InChI=1S/C17H11ClN4O4/c18-13-3-2-10(17(24)25)14-11(13)6-9(26-14)7-20-16(23)12-8-21-22-5-1-4-19-15(12)22/h1-6,8H,7H2,(H,20,23)(H,24,25). The number of amides is 1. The summed E-state index contributed by atoms with van der Waals surface area (Å²) in [4.78, 5) is 27.8. The molecule has 4 rings (SSSR count). The minimum absolute atomic E-state index is 0.00815. The Kier molecular flexibility index (Phi) is 3.81. The van der Waals surface area contributed by atoms with E-state index in [0.717, 1.165) is 0 Å². The Morgan fingerprint density at radius 2 is 2.15 bits per heavy atom. The Hall–Kier alpha value is -3.39. The highest BCUT2D eigenvalue weighted by Crippen LogP contribution is 2.30. The van der Waals surface area contributed by atoms with Crippen LogP contribution in [0, 0.1) is 0 Å². The number of carboxylic acid groups (broad SMARTS) is 1. The van der Waals surface area contributed by atoms with Crippen LogP contribution in [0.5, 0.6) is 0 Å². The number of fused-ring (bicyclic) bond motifs is 2. The van der Waals surface area contributed by atoms with Gasteiger partial charge in [0.05, 0.1) is 17.8 Å². The van der Waals surface area contributed by atoms with Crippen molar-refractivity contribution in [2.45, 2.75) is 6.54 Å². The molecule has 0 spiro atoms. The van der Waals surface area contributed by atoms with E-state index in [1.54, 1.807) is 24.5 Å². The summed E-state index contributed by atoms with van der Waals surface area (Å²) in [6, 6.07) is 6.19. The van der Waals surface area contributed by atoms with Gasteiger partial charge >= 0.3 is 5.97 Å². The van der Waals surface area contributed by atoms with Gasteiger partial charge in [-0.05, 0) is 24.3 Å². The zero-order chi connectivity index (χ0) is 18.3. The van der Waals surface area contributed by atoms with Crippen molar-refractivity contribution in [1.29, 1.82) is 0 Å². The average Bonchev–Trinajstić information content (AvgIpc) is 3.24. The molecule has 0 saturated heterocycles. The topological polar surface area (TPSA) is 110 Å². The molecule has 1 aromatic carbocycles. The molecule has 9 heteroatoms. The van der Waals surface area contributed by atoms with Crippen LogP contribution in [-0.4, -0.2) is 31.6 Å². The van der Waals surface area contributed by atoms with E-state index in [-0.39, 0.29) is 23.6 Å². The van der Waals surface area contributed by atoms with Gasteiger partial charge in [-0.2, -0.15) is 5.10 Å². The number of aromatic carboxylic acids is 1. The van der Waals surface area contributed by atoms with E-state index in [9.17, 15) is 14.7 Å². The van der Waals surface area contributed by atoms with Gasteiger partial charge in [0.25, 0.3) is 5.91 Å². The van der Waals surface area contributed by atoms with Crippen LogP contribution in [0.1, 0.15) is 26.5 Å². The van der Waals surface area contributed by atoms with Crippen LogP contribution in [0.4, 0.5) is 0 Å². The van der Waals surface area contributed by atoms with Crippen LogP contribution in [-0.2, 0) is 6.54 Å². The fraction of sp³-hybridized carbons (Fsp3) is 0.0588. The van der Waals surface area contributed by atoms with E-state index in [1.807, 2.05) is 0 Å². The van der Waals surface area contributed by atoms with Crippen molar-refractivity contribution in [3.63, 3.8) is 0 Å². The summed E-state index contributed by atoms with van der Waals surface area (Å²) in [6.07, 6.45) is 4.69. The number of nitrogens with one attached hydrogen (secondary N) is 1. The number of carbonyl (C=O) groups is 2. The van der Waals surface area contributed by atoms with E-state index >= 15 is 0 Å². The van der Waals surface area contributed by atoms with Crippen molar-refractivity contribution in [3.05, 3.63) is 64.8 Å². The predicted molar refractivity (Wildman–Crippen MR) is 92.3 cm³/mol. The third-order valence-corrected chi connectivity index (χ3v) is 4.19. The fourth-order valence-electron chi connectivity index (χ4n) is 2.65. The molecule has 0 aliphatic carbocycles. The van der Waals surface area contributed by atoms with Gasteiger partial charge in [-0.1, -0.05) is 11.6 Å². The highest BCUT2D eigenvalue weighted by molar-refractivity contribution is 6.35. The molecule has 4 aromatic rings. The molecule has 8 nitrogen and oxygen atoms in total. The molecule has 130 valence electrons. The number of hydrogen-bond acceptors (Lipinski definition) is 5. The summed E-state index contributed by atoms with van der Waals surface area (Å²) in [6.45, 7) is 0.0626. The average molecular weight is 371 g/mol. The maximum Gasteiger partial charge on any atom is 0.339 e. The zero-order valence-corrected chi connectivity index (χ0v) is 13.9. The first-order valence-corrected chi connectivity index (χ1v) is 7.93. The molecular weight excluding hydrogens is 360 g/mol. The smallest absolute Gasteiger partial charge is 0.339 e. The van der Waals surface area contributed by atoms with Gasteiger partial charge in [0, 0.05) is 17.8 Å². The van der Waals surface area contributed by atoms with Crippen molar-refractivity contribution >= 4 is 40.1 Å².